The van der Waals surface area contributed by atoms with Crippen LogP contribution in [-0.4, -0.2) is 60.7 Å². The summed E-state index contributed by atoms with van der Waals surface area (Å²) in [5.41, 5.74) is 5.56. The number of aliphatic hydroxyl groups is 1. The Hall–Kier alpha value is -3.39. The van der Waals surface area contributed by atoms with Gasteiger partial charge in [0, 0.05) is 43.0 Å². The third-order valence-corrected chi connectivity index (χ3v) is 7.12. The molecule has 178 valence electrons. The largest absolute Gasteiger partial charge is 0.465 e. The first kappa shape index (κ1) is 22.4. The minimum absolute atomic E-state index is 0.255. The SMILES string of the molecule is Cc1c[nH]c2ncc(-c3cc4c(c([C@@H]5CCCN5C(=O)O)c3)CN(C(=O)C(C)(C)O)CC4)cc12. The number of benzene rings is 1. The van der Waals surface area contributed by atoms with E-state index in [9.17, 15) is 19.8 Å². The molecule has 8 nitrogen and oxygen atoms in total. The second-order valence-corrected chi connectivity index (χ2v) is 9.96. The molecule has 2 amide bonds. The standard InChI is InChI=1S/C26H30N4O4/c1-15-12-27-23-19(15)11-18(13-28-23)17-9-16-6-8-29(24(31)26(2,3)34)14-21(16)20(10-17)22-5-4-7-30(22)25(32)33/h9-13,22,34H,4-8,14H2,1-3H3,(H,27,28)(H,32,33)/t22-/m0/s1. The fourth-order valence-corrected chi connectivity index (χ4v) is 5.33. The second-order valence-electron chi connectivity index (χ2n) is 9.96. The van der Waals surface area contributed by atoms with Crippen molar-refractivity contribution in [2.24, 2.45) is 0 Å². The summed E-state index contributed by atoms with van der Waals surface area (Å²) in [4.78, 5) is 35.7. The minimum Gasteiger partial charge on any atom is -0.465 e. The van der Waals surface area contributed by atoms with Gasteiger partial charge in [0.25, 0.3) is 5.91 Å². The zero-order chi connectivity index (χ0) is 24.2. The number of fused-ring (bicyclic) bond motifs is 2. The lowest BCUT2D eigenvalue weighted by Gasteiger charge is -2.36. The Morgan fingerprint density at radius 2 is 1.97 bits per heavy atom. The molecule has 0 spiro atoms. The van der Waals surface area contributed by atoms with E-state index in [1.54, 1.807) is 4.90 Å². The number of aryl methyl sites for hydroxylation is 1. The van der Waals surface area contributed by atoms with Crippen LogP contribution in [-0.2, 0) is 17.8 Å². The first-order valence-electron chi connectivity index (χ1n) is 11.7. The van der Waals surface area contributed by atoms with Gasteiger partial charge >= 0.3 is 6.09 Å². The minimum atomic E-state index is -1.45. The summed E-state index contributed by atoms with van der Waals surface area (Å²) in [6.07, 6.45) is 5.07. The number of aromatic nitrogens is 2. The average Bonchev–Trinajstić information content (AvgIpc) is 3.44. The molecule has 3 aromatic rings. The van der Waals surface area contributed by atoms with Gasteiger partial charge in [-0.15, -0.1) is 0 Å². The highest BCUT2D eigenvalue weighted by atomic mass is 16.4. The predicted molar refractivity (Wildman–Crippen MR) is 128 cm³/mol. The molecule has 0 aliphatic carbocycles. The van der Waals surface area contributed by atoms with E-state index >= 15 is 0 Å². The van der Waals surface area contributed by atoms with Crippen LogP contribution in [0.5, 0.6) is 0 Å². The number of hydrogen-bond donors (Lipinski definition) is 3. The molecule has 34 heavy (non-hydrogen) atoms. The summed E-state index contributed by atoms with van der Waals surface area (Å²) < 4.78 is 0. The molecule has 1 fully saturated rings. The van der Waals surface area contributed by atoms with Crippen molar-refractivity contribution in [3.05, 3.63) is 52.8 Å². The van der Waals surface area contributed by atoms with Gasteiger partial charge in [0.15, 0.2) is 0 Å². The predicted octanol–water partition coefficient (Wildman–Crippen LogP) is 4.01. The highest BCUT2D eigenvalue weighted by Gasteiger charge is 2.36. The molecular formula is C26H30N4O4. The number of carbonyl (C=O) groups excluding carboxylic acids is 1. The van der Waals surface area contributed by atoms with Gasteiger partial charge < -0.3 is 25.0 Å². The van der Waals surface area contributed by atoms with Gasteiger partial charge in [-0.05, 0) is 80.0 Å². The van der Waals surface area contributed by atoms with E-state index in [2.05, 4.69) is 28.2 Å². The van der Waals surface area contributed by atoms with E-state index in [0.29, 0.717) is 26.1 Å². The number of hydrogen-bond acceptors (Lipinski definition) is 4. The molecule has 4 heterocycles. The number of likely N-dealkylation sites (tertiary alicyclic amines) is 1. The Bertz CT molecular complexity index is 1290. The van der Waals surface area contributed by atoms with Crippen LogP contribution in [0.3, 0.4) is 0 Å². The van der Waals surface area contributed by atoms with Crippen molar-refractivity contribution in [2.45, 2.75) is 58.2 Å². The number of pyridine rings is 1. The Morgan fingerprint density at radius 1 is 1.18 bits per heavy atom. The van der Waals surface area contributed by atoms with Crippen molar-refractivity contribution >= 4 is 23.0 Å². The first-order chi connectivity index (χ1) is 16.1. The van der Waals surface area contributed by atoms with E-state index in [1.807, 2.05) is 19.3 Å². The molecule has 2 aliphatic heterocycles. The zero-order valence-corrected chi connectivity index (χ0v) is 19.8. The Balaban J connectivity index is 1.63. The van der Waals surface area contributed by atoms with Crippen molar-refractivity contribution in [1.29, 1.82) is 0 Å². The van der Waals surface area contributed by atoms with Crippen molar-refractivity contribution < 1.29 is 19.8 Å². The lowest BCUT2D eigenvalue weighted by molar-refractivity contribution is -0.148. The number of amides is 2. The number of carbonyl (C=O) groups is 2. The summed E-state index contributed by atoms with van der Waals surface area (Å²) in [5, 5.41) is 21.2. The summed E-state index contributed by atoms with van der Waals surface area (Å²) in [5.74, 6) is -0.313. The van der Waals surface area contributed by atoms with E-state index < -0.39 is 11.7 Å². The molecule has 0 bridgehead atoms. The monoisotopic (exact) mass is 462 g/mol. The zero-order valence-electron chi connectivity index (χ0n) is 19.8. The fourth-order valence-electron chi connectivity index (χ4n) is 5.33. The highest BCUT2D eigenvalue weighted by Crippen LogP contribution is 2.40. The van der Waals surface area contributed by atoms with Crippen molar-refractivity contribution in [2.75, 3.05) is 13.1 Å². The van der Waals surface area contributed by atoms with Gasteiger partial charge in [0.05, 0.1) is 6.04 Å². The number of rotatable bonds is 3. The molecule has 8 heteroatoms. The van der Waals surface area contributed by atoms with Gasteiger partial charge in [0.2, 0.25) is 0 Å². The van der Waals surface area contributed by atoms with Crippen LogP contribution < -0.4 is 0 Å². The van der Waals surface area contributed by atoms with E-state index in [0.717, 1.165) is 57.3 Å². The van der Waals surface area contributed by atoms with Crippen LogP contribution in [0.2, 0.25) is 0 Å². The van der Waals surface area contributed by atoms with Crippen LogP contribution in [0, 0.1) is 6.92 Å². The summed E-state index contributed by atoms with van der Waals surface area (Å²) in [7, 11) is 0. The third kappa shape index (κ3) is 3.81. The lowest BCUT2D eigenvalue weighted by Crippen LogP contribution is -2.47. The van der Waals surface area contributed by atoms with E-state index in [1.165, 1.54) is 18.7 Å². The van der Waals surface area contributed by atoms with Crippen LogP contribution in [0.4, 0.5) is 4.79 Å². The lowest BCUT2D eigenvalue weighted by atomic mass is 9.86. The molecule has 2 aromatic heterocycles. The average molecular weight is 463 g/mol. The van der Waals surface area contributed by atoms with E-state index in [-0.39, 0.29) is 11.9 Å². The van der Waals surface area contributed by atoms with Gasteiger partial charge in [-0.25, -0.2) is 9.78 Å². The maximum absolute atomic E-state index is 12.8. The molecular weight excluding hydrogens is 432 g/mol. The molecule has 0 saturated carbocycles. The van der Waals surface area contributed by atoms with Crippen molar-refractivity contribution in [1.82, 2.24) is 19.8 Å². The number of nitrogens with zero attached hydrogens (tertiary/aromatic N) is 3. The maximum atomic E-state index is 12.8. The van der Waals surface area contributed by atoms with Gasteiger partial charge in [-0.1, -0.05) is 6.07 Å². The number of aromatic amines is 1. The molecule has 1 aromatic carbocycles. The van der Waals surface area contributed by atoms with Gasteiger partial charge in [0.1, 0.15) is 11.2 Å². The molecule has 1 saturated heterocycles. The Morgan fingerprint density at radius 3 is 2.71 bits per heavy atom. The molecule has 1 atom stereocenters. The fraction of sp³-hybridized carbons (Fsp3) is 0.423. The van der Waals surface area contributed by atoms with Gasteiger partial charge in [-0.2, -0.15) is 0 Å². The normalized spacial score (nSPS) is 18.4. The number of carboxylic acid groups (broad SMARTS) is 1. The van der Waals surface area contributed by atoms with Crippen LogP contribution in [0.1, 0.15) is 55.0 Å². The topological polar surface area (TPSA) is 110 Å². The quantitative estimate of drug-likeness (QED) is 0.545. The number of H-pyrrole nitrogens is 1. The third-order valence-electron chi connectivity index (χ3n) is 7.12. The van der Waals surface area contributed by atoms with Crippen molar-refractivity contribution in [3.63, 3.8) is 0 Å². The van der Waals surface area contributed by atoms with Crippen molar-refractivity contribution in [3.8, 4) is 11.1 Å². The number of nitrogens with one attached hydrogen (secondary N) is 1. The molecule has 0 radical (unpaired) electrons. The van der Waals surface area contributed by atoms with Crippen LogP contribution in [0.25, 0.3) is 22.2 Å². The molecule has 3 N–H and O–H groups in total. The Labute approximate surface area is 198 Å². The molecule has 5 rings (SSSR count). The van der Waals surface area contributed by atoms with Crippen LogP contribution in [0.15, 0.2) is 30.6 Å². The Kier molecular flexibility index (Phi) is 5.36. The summed E-state index contributed by atoms with van der Waals surface area (Å²) in [6.45, 7) is 6.43. The maximum Gasteiger partial charge on any atom is 0.407 e. The molecule has 0 unspecified atom stereocenters. The van der Waals surface area contributed by atoms with Crippen LogP contribution >= 0.6 is 0 Å². The highest BCUT2D eigenvalue weighted by molar-refractivity contribution is 5.86. The molecule has 2 aliphatic rings. The van der Waals surface area contributed by atoms with E-state index in [4.69, 9.17) is 0 Å². The smallest absolute Gasteiger partial charge is 0.407 e. The first-order valence-corrected chi connectivity index (χ1v) is 11.7. The second kappa shape index (κ2) is 8.13. The summed E-state index contributed by atoms with van der Waals surface area (Å²) in [6, 6.07) is 6.09. The summed E-state index contributed by atoms with van der Waals surface area (Å²) >= 11 is 0. The van der Waals surface area contributed by atoms with Gasteiger partial charge in [-0.3, -0.25) is 4.79 Å².